The molecule has 0 spiro atoms. The van der Waals surface area contributed by atoms with E-state index in [1.54, 1.807) is 0 Å². The Morgan fingerprint density at radius 3 is 0.562 bits per heavy atom. The van der Waals surface area contributed by atoms with Gasteiger partial charge in [-0.2, -0.15) is 0 Å². The number of hydrogen-bond donors (Lipinski definition) is 2. The van der Waals surface area contributed by atoms with Crippen LogP contribution in [0.4, 0.5) is 4.70 Å². The molecule has 2 N–H and O–H groups in total. The molecule has 0 aromatic carbocycles. The third-order valence-corrected chi connectivity index (χ3v) is 0. The monoisotopic (exact) mass is 245 g/mol. The molecule has 4 heteroatoms. The molecular formula is C12H37BFO2. The SMILES string of the molecule is C.C.C=C.C=C.C=C.C=C.CO.CO.F.[2HH].[2HH].[B]. The van der Waals surface area contributed by atoms with Crippen LogP contribution in [0.3, 0.4) is 0 Å². The average molecular weight is 245 g/mol. The molecule has 0 rings (SSSR count). The number of hydrogen-bond acceptors (Lipinski definition) is 2. The van der Waals surface area contributed by atoms with Gasteiger partial charge in [-0.25, -0.2) is 0 Å². The molecule has 0 amide bonds. The molecule has 0 aliphatic rings. The van der Waals surface area contributed by atoms with E-state index in [9.17, 15) is 0 Å². The van der Waals surface area contributed by atoms with E-state index in [2.05, 4.69) is 52.6 Å². The maximum Gasteiger partial charge on any atom is 0.0319 e. The summed E-state index contributed by atoms with van der Waals surface area (Å²) < 4.78 is 0. The zero-order valence-electron chi connectivity index (χ0n) is 9.54. The van der Waals surface area contributed by atoms with Gasteiger partial charge >= 0.3 is 0 Å². The van der Waals surface area contributed by atoms with Crippen molar-refractivity contribution in [3.63, 3.8) is 0 Å². The predicted molar refractivity (Wildman–Crippen MR) is 87.2 cm³/mol. The summed E-state index contributed by atoms with van der Waals surface area (Å²) in [6.45, 7) is 24.0. The number of halogens is 1. The summed E-state index contributed by atoms with van der Waals surface area (Å²) in [5.74, 6) is 0. The number of aliphatic hydroxyl groups is 2. The van der Waals surface area contributed by atoms with Crippen LogP contribution in [0.15, 0.2) is 52.6 Å². The average Bonchev–Trinajstić information content (AvgIpc) is 2.33. The Bertz CT molecular complexity index is 36.0. The van der Waals surface area contributed by atoms with E-state index in [1.807, 2.05) is 0 Å². The highest BCUT2D eigenvalue weighted by atomic mass is 19.0. The zero-order chi connectivity index (χ0) is 12.0. The lowest BCUT2D eigenvalue weighted by atomic mass is 10.8. The first-order valence-electron chi connectivity index (χ1n) is 2.89. The van der Waals surface area contributed by atoms with Gasteiger partial charge in [0.05, 0.1) is 0 Å². The van der Waals surface area contributed by atoms with Gasteiger partial charge in [-0.1, -0.05) is 14.9 Å². The molecule has 107 valence electrons. The second-order valence-corrected chi connectivity index (χ2v) is 0. The van der Waals surface area contributed by atoms with Crippen molar-refractivity contribution in [3.8, 4) is 0 Å². The molecular weight excluding hydrogens is 206 g/mol. The van der Waals surface area contributed by atoms with E-state index in [-0.39, 0.29) is 30.8 Å². The molecule has 0 fully saturated rings. The van der Waals surface area contributed by atoms with Crippen molar-refractivity contribution in [3.05, 3.63) is 52.6 Å². The minimum atomic E-state index is 0. The Morgan fingerprint density at radius 2 is 0.562 bits per heavy atom. The third kappa shape index (κ3) is 1430. The molecule has 0 saturated carbocycles. The van der Waals surface area contributed by atoms with Crippen LogP contribution in [0, 0.1) is 0 Å². The van der Waals surface area contributed by atoms with E-state index in [4.69, 9.17) is 10.2 Å². The smallest absolute Gasteiger partial charge is 0.0319 e. The van der Waals surface area contributed by atoms with Crippen LogP contribution < -0.4 is 0 Å². The van der Waals surface area contributed by atoms with E-state index in [1.165, 1.54) is 0 Å². The van der Waals surface area contributed by atoms with E-state index < -0.39 is 0 Å². The van der Waals surface area contributed by atoms with Crippen molar-refractivity contribution in [1.29, 1.82) is 0 Å². The van der Waals surface area contributed by atoms with Crippen LogP contribution in [0.1, 0.15) is 17.7 Å². The fourth-order valence-electron chi connectivity index (χ4n) is 0. The van der Waals surface area contributed by atoms with Crippen LogP contribution in [-0.2, 0) is 0 Å². The van der Waals surface area contributed by atoms with Crippen molar-refractivity contribution < 1.29 is 17.8 Å². The standard InChI is InChI=1S/4C2H4.2CH4O.2CH4.B.FH.2H2/c6*1-2;;;;;;/h4*1-2H2;2*2H,1H3;2*1H4;;3*1H/i;;;;;;;;;;2*1+1. The molecule has 3 radical (unpaired) electrons. The molecule has 0 heterocycles. The second-order valence-electron chi connectivity index (χ2n) is 0. The Hall–Kier alpha value is -1.13. The van der Waals surface area contributed by atoms with Gasteiger partial charge in [0.25, 0.3) is 0 Å². The molecule has 0 aliphatic carbocycles. The van der Waals surface area contributed by atoms with Crippen molar-refractivity contribution in [2.75, 3.05) is 14.2 Å². The lowest BCUT2D eigenvalue weighted by Crippen LogP contribution is -1.25. The van der Waals surface area contributed by atoms with Crippen LogP contribution in [0.5, 0.6) is 0 Å². The first-order valence-corrected chi connectivity index (χ1v) is 2.89. The number of rotatable bonds is 0. The zero-order valence-corrected chi connectivity index (χ0v) is 9.54. The third-order valence-electron chi connectivity index (χ3n) is 0. The molecule has 0 saturated heterocycles. The highest BCUT2D eigenvalue weighted by molar-refractivity contribution is 5.75. The summed E-state index contributed by atoms with van der Waals surface area (Å²) in [5.41, 5.74) is 0. The van der Waals surface area contributed by atoms with Gasteiger partial charge in [0.1, 0.15) is 0 Å². The maximum atomic E-state index is 7.00. The summed E-state index contributed by atoms with van der Waals surface area (Å²) in [6, 6.07) is 0. The summed E-state index contributed by atoms with van der Waals surface area (Å²) in [7, 11) is 2.00. The van der Waals surface area contributed by atoms with E-state index >= 15 is 0 Å². The summed E-state index contributed by atoms with van der Waals surface area (Å²) in [6.07, 6.45) is 0. The van der Waals surface area contributed by atoms with E-state index in [0.29, 0.717) is 0 Å². The minimum absolute atomic E-state index is 0. The van der Waals surface area contributed by atoms with Crippen LogP contribution in [0.2, 0.25) is 0 Å². The fourth-order valence-corrected chi connectivity index (χ4v) is 0. The van der Waals surface area contributed by atoms with Gasteiger partial charge < -0.3 is 10.2 Å². The first kappa shape index (κ1) is 120. The first-order chi connectivity index (χ1) is 6.00. The van der Waals surface area contributed by atoms with Gasteiger partial charge in [-0.05, 0) is 0 Å². The van der Waals surface area contributed by atoms with Gasteiger partial charge in [-0.3, -0.25) is 4.70 Å². The quantitative estimate of drug-likeness (QED) is 0.501. The summed E-state index contributed by atoms with van der Waals surface area (Å²) in [4.78, 5) is 0. The van der Waals surface area contributed by atoms with Crippen LogP contribution in [0.25, 0.3) is 0 Å². The van der Waals surface area contributed by atoms with Crippen LogP contribution >= 0.6 is 0 Å². The summed E-state index contributed by atoms with van der Waals surface area (Å²) in [5, 5.41) is 14.0. The molecule has 0 unspecified atom stereocenters. The van der Waals surface area contributed by atoms with Gasteiger partial charge in [-0.15, -0.1) is 52.6 Å². The molecule has 0 aromatic heterocycles. The summed E-state index contributed by atoms with van der Waals surface area (Å²) >= 11 is 0. The Balaban J connectivity index is -0.00000000225. The largest absolute Gasteiger partial charge is 0.400 e. The molecule has 0 atom stereocenters. The fraction of sp³-hybridized carbons (Fsp3) is 0.333. The molecule has 0 bridgehead atoms. The Kier molecular flexibility index (Phi) is 13700. The van der Waals surface area contributed by atoms with Crippen LogP contribution in [-0.4, -0.2) is 32.8 Å². The lowest BCUT2D eigenvalue weighted by molar-refractivity contribution is 0.399. The van der Waals surface area contributed by atoms with Gasteiger partial charge in [0.2, 0.25) is 0 Å². The normalized spacial score (nSPS) is 1.75. The van der Waals surface area contributed by atoms with Crippen molar-refractivity contribution >= 4 is 8.41 Å². The highest BCUT2D eigenvalue weighted by Crippen LogP contribution is 0.869. The predicted octanol–water partition coefficient (Wildman–Crippen LogP) is 3.96. The lowest BCUT2D eigenvalue weighted by Gasteiger charge is -1.21. The topological polar surface area (TPSA) is 40.5 Å². The highest BCUT2D eigenvalue weighted by Gasteiger charge is 0.841. The Labute approximate surface area is 109 Å². The molecule has 2 nitrogen and oxygen atoms in total. The van der Waals surface area contributed by atoms with Gasteiger partial charge in [0, 0.05) is 25.5 Å². The van der Waals surface area contributed by atoms with Crippen molar-refractivity contribution in [1.82, 2.24) is 0 Å². The molecule has 0 aromatic rings. The second kappa shape index (κ2) is 1820. The Morgan fingerprint density at radius 1 is 0.562 bits per heavy atom. The molecule has 16 heavy (non-hydrogen) atoms. The van der Waals surface area contributed by atoms with Crippen molar-refractivity contribution in [2.45, 2.75) is 14.9 Å². The maximum absolute atomic E-state index is 7.00. The van der Waals surface area contributed by atoms with Gasteiger partial charge in [0.15, 0.2) is 0 Å². The number of aliphatic hydroxyl groups excluding tert-OH is 2. The van der Waals surface area contributed by atoms with Crippen molar-refractivity contribution in [2.24, 2.45) is 0 Å². The minimum Gasteiger partial charge on any atom is -0.400 e. The van der Waals surface area contributed by atoms with E-state index in [0.717, 1.165) is 14.2 Å². The molecule has 0 aliphatic heterocycles.